The fourth-order valence-corrected chi connectivity index (χ4v) is 4.36. The predicted octanol–water partition coefficient (Wildman–Crippen LogP) is 1.92. The van der Waals surface area contributed by atoms with E-state index in [1.54, 1.807) is 24.3 Å². The van der Waals surface area contributed by atoms with E-state index in [0.29, 0.717) is 11.4 Å². The Morgan fingerprint density at radius 2 is 1.89 bits per heavy atom. The lowest BCUT2D eigenvalue weighted by Crippen LogP contribution is -2.45. The van der Waals surface area contributed by atoms with Gasteiger partial charge in [-0.15, -0.1) is 0 Å². The first-order chi connectivity index (χ1) is 13.3. The summed E-state index contributed by atoms with van der Waals surface area (Å²) in [6.45, 7) is 0.0922. The number of hydrogen-bond acceptors (Lipinski definition) is 6. The van der Waals surface area contributed by atoms with Crippen molar-refractivity contribution in [1.82, 2.24) is 10.9 Å². The average molecular weight is 429 g/mol. The number of hydrazine groups is 1. The Morgan fingerprint density at radius 3 is 2.54 bits per heavy atom. The molecule has 1 heterocycles. The Morgan fingerprint density at radius 1 is 1.21 bits per heavy atom. The fourth-order valence-electron chi connectivity index (χ4n) is 2.70. The van der Waals surface area contributed by atoms with Crippen LogP contribution in [0.15, 0.2) is 42.5 Å². The van der Waals surface area contributed by atoms with Gasteiger partial charge in [0, 0.05) is 17.9 Å². The van der Waals surface area contributed by atoms with Crippen LogP contribution in [0.2, 0.25) is 5.02 Å². The van der Waals surface area contributed by atoms with Crippen LogP contribution in [0.4, 0.5) is 15.8 Å². The number of ether oxygens (including phenoxy) is 1. The lowest BCUT2D eigenvalue weighted by molar-refractivity contribution is -0.119. The molecule has 0 spiro atoms. The van der Waals surface area contributed by atoms with Gasteiger partial charge < -0.3 is 10.1 Å². The molecule has 11 heteroatoms. The Kier molecular flexibility index (Phi) is 6.04. The molecule has 0 aromatic heterocycles. The zero-order chi connectivity index (χ0) is 20.3. The molecule has 3 rings (SSSR count). The maximum absolute atomic E-state index is 13.2. The van der Waals surface area contributed by atoms with Gasteiger partial charge in [0.15, 0.2) is 5.37 Å². The van der Waals surface area contributed by atoms with Gasteiger partial charge in [-0.2, -0.15) is 0 Å². The molecule has 150 valence electrons. The van der Waals surface area contributed by atoms with Crippen molar-refractivity contribution in [3.63, 3.8) is 0 Å². The summed E-state index contributed by atoms with van der Waals surface area (Å²) in [6, 6.07) is 10.0. The van der Waals surface area contributed by atoms with Crippen molar-refractivity contribution in [2.45, 2.75) is 5.37 Å². The van der Waals surface area contributed by atoms with Gasteiger partial charge in [0.05, 0.1) is 18.1 Å². The maximum atomic E-state index is 13.2. The van der Waals surface area contributed by atoms with Crippen LogP contribution in [0.25, 0.3) is 0 Å². The summed E-state index contributed by atoms with van der Waals surface area (Å²) in [6.07, 6.45) is 0. The SMILES string of the molecule is COc1ccc(NS(=O)(=O)C2NNCC2C(=O)Nc2ccc(F)c(Cl)c2)cc1. The average Bonchev–Trinajstić information content (AvgIpc) is 3.16. The van der Waals surface area contributed by atoms with Crippen LogP contribution in [0.5, 0.6) is 5.75 Å². The van der Waals surface area contributed by atoms with Crippen molar-refractivity contribution in [3.8, 4) is 5.75 Å². The van der Waals surface area contributed by atoms with Crippen molar-refractivity contribution in [2.75, 3.05) is 23.7 Å². The van der Waals surface area contributed by atoms with E-state index in [2.05, 4.69) is 20.9 Å². The highest BCUT2D eigenvalue weighted by atomic mass is 35.5. The molecule has 1 fully saturated rings. The molecule has 1 saturated heterocycles. The summed E-state index contributed by atoms with van der Waals surface area (Å²) < 4.78 is 46.2. The van der Waals surface area contributed by atoms with Gasteiger partial charge in [0.2, 0.25) is 5.91 Å². The first-order valence-electron chi connectivity index (χ1n) is 8.20. The topological polar surface area (TPSA) is 109 Å². The van der Waals surface area contributed by atoms with Gasteiger partial charge in [-0.25, -0.2) is 18.2 Å². The lowest BCUT2D eigenvalue weighted by Gasteiger charge is -2.19. The third-order valence-corrected chi connectivity index (χ3v) is 6.06. The van der Waals surface area contributed by atoms with Crippen molar-refractivity contribution >= 4 is 38.9 Å². The van der Waals surface area contributed by atoms with Gasteiger partial charge in [0.1, 0.15) is 11.6 Å². The summed E-state index contributed by atoms with van der Waals surface area (Å²) in [5, 5.41) is 1.19. The number of carbonyl (C=O) groups excluding carboxylic acids is 1. The third-order valence-electron chi connectivity index (χ3n) is 4.14. The van der Waals surface area contributed by atoms with Crippen molar-refractivity contribution in [2.24, 2.45) is 5.92 Å². The predicted molar refractivity (Wildman–Crippen MR) is 104 cm³/mol. The molecular formula is C17H18ClFN4O4S. The van der Waals surface area contributed by atoms with Crippen LogP contribution in [0.1, 0.15) is 0 Å². The Bertz CT molecular complexity index is 972. The summed E-state index contributed by atoms with van der Waals surface area (Å²) in [4.78, 5) is 12.6. The molecule has 0 aliphatic carbocycles. The number of methoxy groups -OCH3 is 1. The molecule has 1 aliphatic rings. The van der Waals surface area contributed by atoms with Crippen molar-refractivity contribution < 1.29 is 22.3 Å². The lowest BCUT2D eigenvalue weighted by atomic mass is 10.1. The zero-order valence-electron chi connectivity index (χ0n) is 14.7. The summed E-state index contributed by atoms with van der Waals surface area (Å²) >= 11 is 5.70. The van der Waals surface area contributed by atoms with E-state index in [1.807, 2.05) is 0 Å². The Balaban J connectivity index is 1.72. The molecule has 0 saturated carbocycles. The molecule has 1 amide bonds. The molecule has 4 N–H and O–H groups in total. The highest BCUT2D eigenvalue weighted by Crippen LogP contribution is 2.23. The normalized spacial score (nSPS) is 19.2. The van der Waals surface area contributed by atoms with E-state index in [0.717, 1.165) is 6.07 Å². The van der Waals surface area contributed by atoms with Crippen LogP contribution in [0, 0.1) is 11.7 Å². The highest BCUT2D eigenvalue weighted by Gasteiger charge is 2.42. The molecule has 2 aromatic rings. The number of anilines is 2. The highest BCUT2D eigenvalue weighted by molar-refractivity contribution is 7.93. The second-order valence-corrected chi connectivity index (χ2v) is 8.26. The van der Waals surface area contributed by atoms with E-state index in [1.165, 1.54) is 19.2 Å². The standard InChI is InChI=1S/C17H18ClFN4O4S/c1-27-12-5-2-10(3-6-12)23-28(25,26)17-13(9-20-22-17)16(24)21-11-4-7-15(19)14(18)8-11/h2-8,13,17,20,22-23H,9H2,1H3,(H,21,24). The fraction of sp³-hybridized carbons (Fsp3) is 0.235. The Hall–Kier alpha value is -2.40. The number of halogens is 2. The number of carbonyl (C=O) groups is 1. The van der Waals surface area contributed by atoms with E-state index < -0.39 is 33.0 Å². The van der Waals surface area contributed by atoms with Crippen LogP contribution in [0.3, 0.4) is 0 Å². The minimum atomic E-state index is -3.95. The van der Waals surface area contributed by atoms with Gasteiger partial charge >= 0.3 is 0 Å². The Labute approximate surface area is 166 Å². The zero-order valence-corrected chi connectivity index (χ0v) is 16.3. The van der Waals surface area contributed by atoms with E-state index in [9.17, 15) is 17.6 Å². The molecule has 1 aliphatic heterocycles. The van der Waals surface area contributed by atoms with Crippen LogP contribution >= 0.6 is 11.6 Å². The quantitative estimate of drug-likeness (QED) is 0.559. The summed E-state index contributed by atoms with van der Waals surface area (Å²) in [5.74, 6) is -1.52. The number of benzene rings is 2. The maximum Gasteiger partial charge on any atom is 0.250 e. The molecule has 28 heavy (non-hydrogen) atoms. The third kappa shape index (κ3) is 4.53. The van der Waals surface area contributed by atoms with E-state index >= 15 is 0 Å². The second-order valence-electron chi connectivity index (χ2n) is 6.05. The number of amides is 1. The molecule has 8 nitrogen and oxygen atoms in total. The minimum absolute atomic E-state index is 0.0922. The molecule has 2 atom stereocenters. The van der Waals surface area contributed by atoms with Gasteiger partial charge in [-0.1, -0.05) is 11.6 Å². The number of sulfonamides is 1. The summed E-state index contributed by atoms with van der Waals surface area (Å²) in [5.41, 5.74) is 5.89. The molecule has 0 bridgehead atoms. The number of nitrogens with one attached hydrogen (secondary N) is 4. The van der Waals surface area contributed by atoms with E-state index in [-0.39, 0.29) is 17.3 Å². The van der Waals surface area contributed by atoms with E-state index in [4.69, 9.17) is 16.3 Å². The first kappa shape index (κ1) is 20.3. The molecule has 2 unspecified atom stereocenters. The summed E-state index contributed by atoms with van der Waals surface area (Å²) in [7, 11) is -2.44. The first-order valence-corrected chi connectivity index (χ1v) is 10.1. The van der Waals surface area contributed by atoms with Crippen LogP contribution in [-0.4, -0.2) is 33.4 Å². The van der Waals surface area contributed by atoms with Crippen LogP contribution < -0.4 is 25.6 Å². The van der Waals surface area contributed by atoms with Gasteiger partial charge in [-0.3, -0.25) is 14.9 Å². The number of hydrogen-bond donors (Lipinski definition) is 4. The smallest absolute Gasteiger partial charge is 0.250 e. The molecule has 2 aromatic carbocycles. The molecular weight excluding hydrogens is 411 g/mol. The van der Waals surface area contributed by atoms with Crippen molar-refractivity contribution in [1.29, 1.82) is 0 Å². The largest absolute Gasteiger partial charge is 0.497 e. The minimum Gasteiger partial charge on any atom is -0.497 e. The monoisotopic (exact) mass is 428 g/mol. The van der Waals surface area contributed by atoms with Crippen LogP contribution in [-0.2, 0) is 14.8 Å². The second kappa shape index (κ2) is 8.31. The number of rotatable bonds is 6. The van der Waals surface area contributed by atoms with Gasteiger partial charge in [0.25, 0.3) is 10.0 Å². The van der Waals surface area contributed by atoms with Gasteiger partial charge in [-0.05, 0) is 42.5 Å². The van der Waals surface area contributed by atoms with Crippen molar-refractivity contribution in [3.05, 3.63) is 53.3 Å². The molecule has 0 radical (unpaired) electrons.